The Morgan fingerprint density at radius 1 is 1.15 bits per heavy atom. The van der Waals surface area contributed by atoms with Crippen molar-refractivity contribution in [2.24, 2.45) is 0 Å². The summed E-state index contributed by atoms with van der Waals surface area (Å²) in [6.07, 6.45) is 1.51. The molecule has 130 valence electrons. The van der Waals surface area contributed by atoms with Crippen LogP contribution in [0.1, 0.15) is 0 Å². The van der Waals surface area contributed by atoms with Crippen molar-refractivity contribution in [1.82, 2.24) is 14.8 Å². The van der Waals surface area contributed by atoms with Crippen LogP contribution in [0.2, 0.25) is 5.02 Å². The molecule has 0 aliphatic carbocycles. The van der Waals surface area contributed by atoms with Gasteiger partial charge in [0.2, 0.25) is 5.13 Å². The fourth-order valence-electron chi connectivity index (χ4n) is 2.44. The molecule has 6 nitrogen and oxygen atoms in total. The fourth-order valence-corrected chi connectivity index (χ4v) is 3.53. The first-order valence-electron chi connectivity index (χ1n) is 7.70. The van der Waals surface area contributed by atoms with E-state index in [-0.39, 0.29) is 5.02 Å². The third kappa shape index (κ3) is 3.02. The summed E-state index contributed by atoms with van der Waals surface area (Å²) in [5.74, 6) is 0.742. The quantitative estimate of drug-likeness (QED) is 0.569. The van der Waals surface area contributed by atoms with Crippen LogP contribution < -0.4 is 15.6 Å². The van der Waals surface area contributed by atoms with Crippen molar-refractivity contribution < 1.29 is 4.74 Å². The summed E-state index contributed by atoms with van der Waals surface area (Å²) in [4.78, 5) is 17.1. The maximum atomic E-state index is 12.6. The Hall–Kier alpha value is -2.90. The van der Waals surface area contributed by atoms with Gasteiger partial charge >= 0.3 is 0 Å². The summed E-state index contributed by atoms with van der Waals surface area (Å²) in [6.45, 7) is 0. The molecule has 26 heavy (non-hydrogen) atoms. The van der Waals surface area contributed by atoms with E-state index < -0.39 is 5.56 Å². The van der Waals surface area contributed by atoms with E-state index in [2.05, 4.69) is 15.4 Å². The molecule has 0 atom stereocenters. The number of methoxy groups -OCH3 is 1. The number of nitrogens with one attached hydrogen (secondary N) is 1. The van der Waals surface area contributed by atoms with Gasteiger partial charge in [-0.3, -0.25) is 4.79 Å². The second-order valence-electron chi connectivity index (χ2n) is 5.41. The van der Waals surface area contributed by atoms with Gasteiger partial charge in [-0.25, -0.2) is 4.98 Å². The average Bonchev–Trinajstić information content (AvgIpc) is 3.10. The molecule has 0 aliphatic rings. The maximum absolute atomic E-state index is 12.6. The van der Waals surface area contributed by atoms with Gasteiger partial charge in [0.1, 0.15) is 10.8 Å². The number of hydrogen-bond donors (Lipinski definition) is 1. The third-order valence-corrected chi connectivity index (χ3v) is 5.13. The third-order valence-electron chi connectivity index (χ3n) is 3.75. The van der Waals surface area contributed by atoms with Crippen molar-refractivity contribution in [3.05, 3.63) is 70.1 Å². The zero-order chi connectivity index (χ0) is 18.1. The van der Waals surface area contributed by atoms with Gasteiger partial charge in [0.25, 0.3) is 5.56 Å². The van der Waals surface area contributed by atoms with Crippen LogP contribution in [0.3, 0.4) is 0 Å². The minimum Gasteiger partial charge on any atom is -0.497 e. The molecule has 1 N–H and O–H groups in total. The summed E-state index contributed by atoms with van der Waals surface area (Å²) in [5, 5.41) is 7.84. The number of fused-ring (bicyclic) bond motifs is 1. The predicted octanol–water partition coefficient (Wildman–Crippen LogP) is 4.25. The number of ether oxygens (including phenoxy) is 1. The van der Waals surface area contributed by atoms with Crippen LogP contribution in [0.25, 0.3) is 15.3 Å². The highest BCUT2D eigenvalue weighted by atomic mass is 35.5. The lowest BCUT2D eigenvalue weighted by molar-refractivity contribution is 0.415. The number of rotatable bonds is 4. The van der Waals surface area contributed by atoms with Crippen molar-refractivity contribution in [2.45, 2.75) is 0 Å². The number of anilines is 2. The molecule has 2 aromatic carbocycles. The van der Waals surface area contributed by atoms with Crippen molar-refractivity contribution in [3.63, 3.8) is 0 Å². The van der Waals surface area contributed by atoms with E-state index in [0.717, 1.165) is 21.7 Å². The van der Waals surface area contributed by atoms with Gasteiger partial charge in [0, 0.05) is 5.69 Å². The summed E-state index contributed by atoms with van der Waals surface area (Å²) in [6, 6.07) is 14.9. The van der Waals surface area contributed by atoms with Crippen LogP contribution in [0, 0.1) is 0 Å². The highest BCUT2D eigenvalue weighted by molar-refractivity contribution is 7.20. The van der Waals surface area contributed by atoms with Crippen molar-refractivity contribution >= 4 is 44.5 Å². The van der Waals surface area contributed by atoms with Gasteiger partial charge in [-0.15, -0.1) is 0 Å². The van der Waals surface area contributed by atoms with Gasteiger partial charge in [0.15, 0.2) is 0 Å². The van der Waals surface area contributed by atoms with Gasteiger partial charge in [-0.1, -0.05) is 35.1 Å². The first-order chi connectivity index (χ1) is 12.7. The average molecular weight is 385 g/mol. The molecule has 8 heteroatoms. The Balaban J connectivity index is 1.69. The van der Waals surface area contributed by atoms with E-state index in [1.165, 1.54) is 22.2 Å². The van der Waals surface area contributed by atoms with E-state index in [0.29, 0.717) is 10.8 Å². The zero-order valence-electron chi connectivity index (χ0n) is 13.6. The monoisotopic (exact) mass is 384 g/mol. The topological polar surface area (TPSA) is 69.0 Å². The highest BCUT2D eigenvalue weighted by Crippen LogP contribution is 2.26. The lowest BCUT2D eigenvalue weighted by atomic mass is 10.3. The zero-order valence-corrected chi connectivity index (χ0v) is 15.2. The molecular formula is C18H13ClN4O2S. The first-order valence-corrected chi connectivity index (χ1v) is 8.90. The molecule has 0 fully saturated rings. The number of thiazole rings is 1. The molecule has 4 aromatic rings. The normalized spacial score (nSPS) is 10.8. The van der Waals surface area contributed by atoms with Crippen LogP contribution in [0.5, 0.6) is 5.75 Å². The fraction of sp³-hybridized carbons (Fsp3) is 0.0556. The molecule has 0 unspecified atom stereocenters. The molecule has 0 radical (unpaired) electrons. The number of aromatic nitrogens is 3. The van der Waals surface area contributed by atoms with Gasteiger partial charge in [0.05, 0.1) is 29.2 Å². The summed E-state index contributed by atoms with van der Waals surface area (Å²) < 4.78 is 7.32. The molecule has 2 heterocycles. The van der Waals surface area contributed by atoms with Crippen LogP contribution >= 0.6 is 22.9 Å². The van der Waals surface area contributed by atoms with Crippen LogP contribution in [-0.2, 0) is 0 Å². The van der Waals surface area contributed by atoms with Crippen LogP contribution in [0.15, 0.2) is 59.5 Å². The second kappa shape index (κ2) is 6.78. The second-order valence-corrected chi connectivity index (χ2v) is 6.79. The molecule has 0 saturated carbocycles. The number of hydrogen-bond acceptors (Lipinski definition) is 6. The Morgan fingerprint density at radius 3 is 2.65 bits per heavy atom. The van der Waals surface area contributed by atoms with Crippen LogP contribution in [-0.4, -0.2) is 21.9 Å². The SMILES string of the molecule is COc1ccc(Nc2cnn(-c3nc4ccccc4s3)c(=O)c2Cl)cc1. The smallest absolute Gasteiger partial charge is 0.294 e. The first kappa shape index (κ1) is 16.6. The molecule has 0 saturated heterocycles. The molecule has 0 aliphatic heterocycles. The number of benzene rings is 2. The number of halogens is 1. The van der Waals surface area contributed by atoms with Gasteiger partial charge in [-0.2, -0.15) is 9.78 Å². The Bertz CT molecular complexity index is 1110. The minimum atomic E-state index is -0.427. The molecule has 0 spiro atoms. The molecular weight excluding hydrogens is 372 g/mol. The summed E-state index contributed by atoms with van der Waals surface area (Å²) in [5.41, 5.74) is 1.59. The number of nitrogens with zero attached hydrogens (tertiary/aromatic N) is 3. The van der Waals surface area contributed by atoms with Gasteiger partial charge in [-0.05, 0) is 36.4 Å². The Kier molecular flexibility index (Phi) is 4.32. The van der Waals surface area contributed by atoms with Crippen LogP contribution in [0.4, 0.5) is 11.4 Å². The van der Waals surface area contributed by atoms with E-state index >= 15 is 0 Å². The lowest BCUT2D eigenvalue weighted by Crippen LogP contribution is -2.22. The Morgan fingerprint density at radius 2 is 1.92 bits per heavy atom. The van der Waals surface area contributed by atoms with Gasteiger partial charge < -0.3 is 10.1 Å². The standard InChI is InChI=1S/C18H13ClN4O2S/c1-25-12-8-6-11(7-9-12)21-14-10-20-23(17(24)16(14)19)18-22-13-4-2-3-5-15(13)26-18/h2-10,21H,1H3. The van der Waals surface area contributed by atoms with Crippen molar-refractivity contribution in [2.75, 3.05) is 12.4 Å². The Labute approximate surface area is 157 Å². The molecule has 2 aromatic heterocycles. The maximum Gasteiger partial charge on any atom is 0.294 e. The van der Waals surface area contributed by atoms with Crippen molar-refractivity contribution in [1.29, 1.82) is 0 Å². The predicted molar refractivity (Wildman–Crippen MR) is 104 cm³/mol. The van der Waals surface area contributed by atoms with Crippen molar-refractivity contribution in [3.8, 4) is 10.9 Å². The van der Waals surface area contributed by atoms with E-state index in [1.807, 2.05) is 48.5 Å². The molecule has 4 rings (SSSR count). The summed E-state index contributed by atoms with van der Waals surface area (Å²) >= 11 is 7.66. The molecule has 0 bridgehead atoms. The summed E-state index contributed by atoms with van der Waals surface area (Å²) in [7, 11) is 1.60. The minimum absolute atomic E-state index is 0.0510. The van der Waals surface area contributed by atoms with E-state index in [4.69, 9.17) is 16.3 Å². The number of para-hydroxylation sites is 1. The van der Waals surface area contributed by atoms with E-state index in [9.17, 15) is 4.79 Å². The highest BCUT2D eigenvalue weighted by Gasteiger charge is 2.14. The lowest BCUT2D eigenvalue weighted by Gasteiger charge is -2.09. The van der Waals surface area contributed by atoms with E-state index in [1.54, 1.807) is 7.11 Å². The largest absolute Gasteiger partial charge is 0.497 e. The molecule has 0 amide bonds.